The van der Waals surface area contributed by atoms with E-state index in [4.69, 9.17) is 18.2 Å². The Bertz CT molecular complexity index is 398. The van der Waals surface area contributed by atoms with Crippen LogP contribution in [0.1, 0.15) is 15.9 Å². The molecule has 0 bridgehead atoms. The van der Waals surface area contributed by atoms with E-state index in [1.165, 1.54) is 6.07 Å². The van der Waals surface area contributed by atoms with Crippen molar-refractivity contribution in [3.8, 4) is 0 Å². The van der Waals surface area contributed by atoms with Crippen LogP contribution in [0.2, 0.25) is 5.02 Å². The molecule has 4 heteroatoms. The van der Waals surface area contributed by atoms with Gasteiger partial charge < -0.3 is 5.32 Å². The van der Waals surface area contributed by atoms with Crippen LogP contribution in [0.25, 0.3) is 4.85 Å². The molecule has 72 valence electrons. The SMILES string of the molecule is [C-]#[N+]c1c(C)cc(C(=O)NC)cc1Cl. The lowest BCUT2D eigenvalue weighted by molar-refractivity contribution is 0.0963. The first kappa shape index (κ1) is 10.6. The third kappa shape index (κ3) is 1.86. The predicted molar refractivity (Wildman–Crippen MR) is 55.8 cm³/mol. The van der Waals surface area contributed by atoms with Crippen molar-refractivity contribution in [3.05, 3.63) is 39.7 Å². The van der Waals surface area contributed by atoms with Crippen molar-refractivity contribution in [2.24, 2.45) is 0 Å². The van der Waals surface area contributed by atoms with Gasteiger partial charge in [-0.05, 0) is 18.6 Å². The summed E-state index contributed by atoms with van der Waals surface area (Å²) in [6.07, 6.45) is 0. The molecular weight excluding hydrogens is 200 g/mol. The van der Waals surface area contributed by atoms with Crippen molar-refractivity contribution in [2.75, 3.05) is 7.05 Å². The molecule has 3 nitrogen and oxygen atoms in total. The summed E-state index contributed by atoms with van der Waals surface area (Å²) in [5.74, 6) is -0.202. The summed E-state index contributed by atoms with van der Waals surface area (Å²) in [6.45, 7) is 8.64. The number of benzene rings is 1. The molecule has 0 aliphatic heterocycles. The first-order valence-corrected chi connectivity index (χ1v) is 4.37. The van der Waals surface area contributed by atoms with Gasteiger partial charge in [-0.2, -0.15) is 0 Å². The van der Waals surface area contributed by atoms with Crippen molar-refractivity contribution in [3.63, 3.8) is 0 Å². The number of carbonyl (C=O) groups excluding carboxylic acids is 1. The summed E-state index contributed by atoms with van der Waals surface area (Å²) < 4.78 is 0. The number of hydrogen-bond acceptors (Lipinski definition) is 1. The van der Waals surface area contributed by atoms with E-state index in [-0.39, 0.29) is 5.91 Å². The Morgan fingerprint density at radius 3 is 2.64 bits per heavy atom. The van der Waals surface area contributed by atoms with Crippen LogP contribution in [0.3, 0.4) is 0 Å². The number of hydrogen-bond donors (Lipinski definition) is 1. The summed E-state index contributed by atoms with van der Waals surface area (Å²) in [6, 6.07) is 3.15. The minimum atomic E-state index is -0.202. The molecule has 1 aromatic rings. The summed E-state index contributed by atoms with van der Waals surface area (Å²) in [5.41, 5.74) is 1.59. The Kier molecular flexibility index (Phi) is 3.10. The molecule has 1 aromatic carbocycles. The maximum absolute atomic E-state index is 11.3. The predicted octanol–water partition coefficient (Wildman–Crippen LogP) is 2.56. The van der Waals surface area contributed by atoms with E-state index in [1.807, 2.05) is 0 Å². The van der Waals surface area contributed by atoms with Gasteiger partial charge in [0.15, 0.2) is 0 Å². The third-order valence-corrected chi connectivity index (χ3v) is 2.14. The lowest BCUT2D eigenvalue weighted by Crippen LogP contribution is -2.17. The second kappa shape index (κ2) is 4.12. The van der Waals surface area contributed by atoms with Gasteiger partial charge in [0, 0.05) is 17.6 Å². The third-order valence-electron chi connectivity index (χ3n) is 1.86. The summed E-state index contributed by atoms with van der Waals surface area (Å²) in [4.78, 5) is 14.6. The largest absolute Gasteiger partial charge is 0.355 e. The van der Waals surface area contributed by atoms with Crippen molar-refractivity contribution in [1.82, 2.24) is 5.32 Å². The lowest BCUT2D eigenvalue weighted by atomic mass is 10.1. The first-order valence-electron chi connectivity index (χ1n) is 4.00. The second-order valence-electron chi connectivity index (χ2n) is 2.81. The average Bonchev–Trinajstić information content (AvgIpc) is 2.16. The molecule has 0 unspecified atom stereocenters. The van der Waals surface area contributed by atoms with Crippen LogP contribution in [0.5, 0.6) is 0 Å². The fourth-order valence-corrected chi connectivity index (χ4v) is 1.46. The number of carbonyl (C=O) groups is 1. The zero-order valence-electron chi connectivity index (χ0n) is 7.89. The molecule has 0 spiro atoms. The number of nitrogens with zero attached hydrogens (tertiary/aromatic N) is 1. The molecule has 0 aliphatic rings. The van der Waals surface area contributed by atoms with Gasteiger partial charge in [0.1, 0.15) is 0 Å². The molecule has 1 rings (SSSR count). The molecular formula is C10H9ClN2O. The summed E-state index contributed by atoms with van der Waals surface area (Å²) in [7, 11) is 1.55. The van der Waals surface area contributed by atoms with E-state index in [0.717, 1.165) is 0 Å². The topological polar surface area (TPSA) is 33.5 Å². The van der Waals surface area contributed by atoms with Crippen LogP contribution in [-0.4, -0.2) is 13.0 Å². The fraction of sp³-hybridized carbons (Fsp3) is 0.200. The standard InChI is InChI=1S/C10H9ClN2O/c1-6-4-7(10(14)13-3)5-8(11)9(6)12-2/h4-5H,1,3H3,(H,13,14). The van der Waals surface area contributed by atoms with Crippen LogP contribution in [0.4, 0.5) is 5.69 Å². The highest BCUT2D eigenvalue weighted by Crippen LogP contribution is 2.30. The molecule has 0 aromatic heterocycles. The highest BCUT2D eigenvalue weighted by molar-refractivity contribution is 6.33. The lowest BCUT2D eigenvalue weighted by Gasteiger charge is -2.04. The highest BCUT2D eigenvalue weighted by atomic mass is 35.5. The smallest absolute Gasteiger partial charge is 0.250 e. The van der Waals surface area contributed by atoms with Crippen LogP contribution in [-0.2, 0) is 0 Å². The van der Waals surface area contributed by atoms with E-state index in [0.29, 0.717) is 21.8 Å². The Balaban J connectivity index is 3.29. The number of halogens is 1. The van der Waals surface area contributed by atoms with Crippen LogP contribution >= 0.6 is 11.6 Å². The maximum atomic E-state index is 11.3. The molecule has 0 atom stereocenters. The van der Waals surface area contributed by atoms with Crippen molar-refractivity contribution in [1.29, 1.82) is 0 Å². The van der Waals surface area contributed by atoms with Crippen molar-refractivity contribution in [2.45, 2.75) is 6.92 Å². The molecule has 0 saturated carbocycles. The van der Waals surface area contributed by atoms with E-state index >= 15 is 0 Å². The van der Waals surface area contributed by atoms with Gasteiger partial charge >= 0.3 is 0 Å². The number of rotatable bonds is 1. The number of nitrogens with one attached hydrogen (secondary N) is 1. The minimum absolute atomic E-state index is 0.202. The van der Waals surface area contributed by atoms with Gasteiger partial charge in [0.2, 0.25) is 5.69 Å². The zero-order valence-corrected chi connectivity index (χ0v) is 8.64. The van der Waals surface area contributed by atoms with E-state index < -0.39 is 0 Å². The number of aryl methyl sites for hydroxylation is 1. The van der Waals surface area contributed by atoms with Gasteiger partial charge in [-0.15, -0.1) is 0 Å². The van der Waals surface area contributed by atoms with E-state index in [9.17, 15) is 4.79 Å². The van der Waals surface area contributed by atoms with Gasteiger partial charge in [0.05, 0.1) is 6.57 Å². The molecule has 1 amide bonds. The van der Waals surface area contributed by atoms with Crippen LogP contribution < -0.4 is 5.32 Å². The van der Waals surface area contributed by atoms with Crippen LogP contribution in [0.15, 0.2) is 12.1 Å². The quantitative estimate of drug-likeness (QED) is 0.707. The number of amides is 1. The van der Waals surface area contributed by atoms with Crippen molar-refractivity contribution < 1.29 is 4.79 Å². The molecule has 1 N–H and O–H groups in total. The summed E-state index contributed by atoms with van der Waals surface area (Å²) in [5, 5.41) is 2.82. The van der Waals surface area contributed by atoms with Gasteiger partial charge in [0.25, 0.3) is 5.91 Å². The maximum Gasteiger partial charge on any atom is 0.250 e. The first-order chi connectivity index (χ1) is 6.60. The second-order valence-corrected chi connectivity index (χ2v) is 3.22. The summed E-state index contributed by atoms with van der Waals surface area (Å²) >= 11 is 5.84. The van der Waals surface area contributed by atoms with Gasteiger partial charge in [-0.3, -0.25) is 4.79 Å². The van der Waals surface area contributed by atoms with Crippen LogP contribution in [0, 0.1) is 13.5 Å². The Labute approximate surface area is 87.5 Å². The van der Waals surface area contributed by atoms with E-state index in [1.54, 1.807) is 20.0 Å². The fourth-order valence-electron chi connectivity index (χ4n) is 1.15. The average molecular weight is 209 g/mol. The minimum Gasteiger partial charge on any atom is -0.355 e. The highest BCUT2D eigenvalue weighted by Gasteiger charge is 2.10. The molecule has 0 radical (unpaired) electrons. The van der Waals surface area contributed by atoms with Gasteiger partial charge in [-0.25, -0.2) is 4.85 Å². The molecule has 0 aliphatic carbocycles. The van der Waals surface area contributed by atoms with Gasteiger partial charge in [-0.1, -0.05) is 17.7 Å². The molecule has 0 heterocycles. The molecule has 14 heavy (non-hydrogen) atoms. The monoisotopic (exact) mass is 208 g/mol. The zero-order chi connectivity index (χ0) is 10.7. The normalized spacial score (nSPS) is 9.29. The Morgan fingerprint density at radius 2 is 2.21 bits per heavy atom. The Hall–Kier alpha value is -1.53. The van der Waals surface area contributed by atoms with Crippen molar-refractivity contribution >= 4 is 23.2 Å². The molecule has 0 fully saturated rings. The van der Waals surface area contributed by atoms with E-state index in [2.05, 4.69) is 10.2 Å². The molecule has 0 saturated heterocycles. The Morgan fingerprint density at radius 1 is 1.57 bits per heavy atom.